The van der Waals surface area contributed by atoms with Crippen LogP contribution >= 0.6 is 0 Å². The Morgan fingerprint density at radius 1 is 1.11 bits per heavy atom. The zero-order chi connectivity index (χ0) is 24.8. The number of benzene rings is 2. The van der Waals surface area contributed by atoms with Gasteiger partial charge in [0.05, 0.1) is 43.7 Å². The lowest BCUT2D eigenvalue weighted by Gasteiger charge is -2.23. The summed E-state index contributed by atoms with van der Waals surface area (Å²) in [6.07, 6.45) is 7.71. The third kappa shape index (κ3) is 5.50. The first-order valence-corrected chi connectivity index (χ1v) is 11.3. The molecule has 0 aliphatic carbocycles. The lowest BCUT2D eigenvalue weighted by atomic mass is 10.1. The monoisotopic (exact) mass is 476 g/mol. The van der Waals surface area contributed by atoms with Gasteiger partial charge in [0.1, 0.15) is 17.4 Å². The highest BCUT2D eigenvalue weighted by molar-refractivity contribution is 5.85. The van der Waals surface area contributed by atoms with E-state index in [9.17, 15) is 9.50 Å². The Bertz CT molecular complexity index is 1260. The summed E-state index contributed by atoms with van der Waals surface area (Å²) in [5.41, 5.74) is 5.14. The fourth-order valence-corrected chi connectivity index (χ4v) is 3.96. The molecule has 2 heterocycles. The van der Waals surface area contributed by atoms with E-state index in [0.717, 1.165) is 40.5 Å². The highest BCUT2D eigenvalue weighted by Gasteiger charge is 2.17. The number of hydrogen-bond acceptors (Lipinski definition) is 6. The molecule has 0 unspecified atom stereocenters. The second-order valence-corrected chi connectivity index (χ2v) is 8.09. The molecule has 35 heavy (non-hydrogen) atoms. The lowest BCUT2D eigenvalue weighted by Crippen LogP contribution is -2.24. The Balaban J connectivity index is 1.68. The summed E-state index contributed by atoms with van der Waals surface area (Å²) in [4.78, 5) is 11.2. The average molecular weight is 477 g/mol. The molecule has 1 aliphatic rings. The van der Waals surface area contributed by atoms with Gasteiger partial charge in [-0.3, -0.25) is 0 Å². The Labute approximate surface area is 204 Å². The van der Waals surface area contributed by atoms with Crippen molar-refractivity contribution in [1.29, 1.82) is 0 Å². The molecule has 0 saturated carbocycles. The molecule has 0 radical (unpaired) electrons. The van der Waals surface area contributed by atoms with E-state index in [1.54, 1.807) is 26.4 Å². The largest absolute Gasteiger partial charge is 0.495 e. The summed E-state index contributed by atoms with van der Waals surface area (Å²) < 4.78 is 26.4. The Hall–Kier alpha value is -3.75. The highest BCUT2D eigenvalue weighted by Crippen LogP contribution is 2.31. The van der Waals surface area contributed by atoms with E-state index in [-0.39, 0.29) is 12.4 Å². The lowest BCUT2D eigenvalue weighted by molar-refractivity contribution is 0.176. The van der Waals surface area contributed by atoms with Gasteiger partial charge in [0.15, 0.2) is 0 Å². The maximum absolute atomic E-state index is 13.5. The number of ether oxygens (including phenoxy) is 2. The minimum absolute atomic E-state index is 0.0510. The number of aliphatic hydroxyl groups excluding tert-OH is 1. The molecule has 182 valence electrons. The highest BCUT2D eigenvalue weighted by atomic mass is 19.1. The zero-order valence-corrected chi connectivity index (χ0v) is 20.1. The maximum Gasteiger partial charge on any atom is 0.143 e. The molecular formula is C27H29FN4O3. The Morgan fingerprint density at radius 2 is 1.91 bits per heavy atom. The van der Waals surface area contributed by atoms with Crippen molar-refractivity contribution in [3.63, 3.8) is 0 Å². The number of nitrogens with zero attached hydrogens (tertiary/aromatic N) is 4. The van der Waals surface area contributed by atoms with Crippen molar-refractivity contribution in [3.05, 3.63) is 77.1 Å². The van der Waals surface area contributed by atoms with Crippen LogP contribution in [0.1, 0.15) is 24.0 Å². The molecule has 3 aromatic rings. The smallest absolute Gasteiger partial charge is 0.143 e. The van der Waals surface area contributed by atoms with Crippen molar-refractivity contribution >= 4 is 24.2 Å². The van der Waals surface area contributed by atoms with Crippen LogP contribution in [-0.2, 0) is 17.9 Å². The average Bonchev–Trinajstić information content (AvgIpc) is 3.21. The molecule has 1 aliphatic heterocycles. The van der Waals surface area contributed by atoms with E-state index < -0.39 is 0 Å². The molecule has 2 aromatic carbocycles. The third-order valence-electron chi connectivity index (χ3n) is 5.75. The van der Waals surface area contributed by atoms with Crippen molar-refractivity contribution in [2.24, 2.45) is 4.99 Å². The van der Waals surface area contributed by atoms with Crippen LogP contribution in [-0.4, -0.2) is 48.4 Å². The first-order valence-electron chi connectivity index (χ1n) is 11.3. The van der Waals surface area contributed by atoms with Gasteiger partial charge >= 0.3 is 0 Å². The van der Waals surface area contributed by atoms with Crippen LogP contribution in [0.25, 0.3) is 23.4 Å². The molecule has 4 rings (SSSR count). The normalized spacial score (nSPS) is 13.5. The number of halogens is 1. The van der Waals surface area contributed by atoms with Gasteiger partial charge in [-0.05, 0) is 61.0 Å². The summed E-state index contributed by atoms with van der Waals surface area (Å²) in [5, 5.41) is 9.68. The number of imidazole rings is 1. The molecule has 0 saturated heterocycles. The third-order valence-corrected chi connectivity index (χ3v) is 5.75. The molecule has 7 nitrogen and oxygen atoms in total. The number of aromatic nitrogens is 2. The van der Waals surface area contributed by atoms with Crippen molar-refractivity contribution in [3.8, 4) is 17.0 Å². The molecule has 8 heteroatoms. The quantitative estimate of drug-likeness (QED) is 0.482. The van der Waals surface area contributed by atoms with Crippen LogP contribution in [0.15, 0.2) is 59.2 Å². The van der Waals surface area contributed by atoms with Gasteiger partial charge in [-0.1, -0.05) is 12.1 Å². The fraction of sp³-hybridized carbons (Fsp3) is 0.259. The van der Waals surface area contributed by atoms with E-state index in [2.05, 4.69) is 11.1 Å². The van der Waals surface area contributed by atoms with E-state index in [1.165, 1.54) is 12.1 Å². The standard InChI is InChI=1S/C27H29FN4O3/c1-19-12-13-31(18-29-19)23-10-4-20(16-25(23)35-3)5-11-26-30-27(21-6-8-22(28)9-7-21)24(17-34-2)32(26)14-15-33/h4-12,16,18,33H,13-15,17H2,1-3H3/b11-5+. The molecular weight excluding hydrogens is 447 g/mol. The Morgan fingerprint density at radius 3 is 2.57 bits per heavy atom. The second-order valence-electron chi connectivity index (χ2n) is 8.09. The number of rotatable bonds is 9. The predicted octanol–water partition coefficient (Wildman–Crippen LogP) is 4.76. The molecule has 0 bridgehead atoms. The van der Waals surface area contributed by atoms with E-state index in [4.69, 9.17) is 14.5 Å². The van der Waals surface area contributed by atoms with Gasteiger partial charge in [0, 0.05) is 31.5 Å². The molecule has 0 fully saturated rings. The first-order chi connectivity index (χ1) is 17.0. The summed E-state index contributed by atoms with van der Waals surface area (Å²) in [6.45, 7) is 3.31. The van der Waals surface area contributed by atoms with E-state index >= 15 is 0 Å². The maximum atomic E-state index is 13.5. The number of methoxy groups -OCH3 is 2. The van der Waals surface area contributed by atoms with Crippen molar-refractivity contribution in [2.45, 2.75) is 20.1 Å². The van der Waals surface area contributed by atoms with Crippen molar-refractivity contribution in [1.82, 2.24) is 9.55 Å². The molecule has 0 atom stereocenters. The number of anilines is 1. The van der Waals surface area contributed by atoms with Gasteiger partial charge in [-0.15, -0.1) is 0 Å². The van der Waals surface area contributed by atoms with Crippen LogP contribution in [0.4, 0.5) is 10.1 Å². The predicted molar refractivity (Wildman–Crippen MR) is 137 cm³/mol. The molecule has 0 spiro atoms. The van der Waals surface area contributed by atoms with Gasteiger partial charge in [-0.2, -0.15) is 0 Å². The fourth-order valence-electron chi connectivity index (χ4n) is 3.96. The van der Waals surface area contributed by atoms with Crippen LogP contribution in [0.2, 0.25) is 0 Å². The minimum atomic E-state index is -0.309. The molecule has 0 amide bonds. The van der Waals surface area contributed by atoms with Crippen molar-refractivity contribution in [2.75, 3.05) is 32.3 Å². The van der Waals surface area contributed by atoms with Crippen LogP contribution in [0.5, 0.6) is 5.75 Å². The summed E-state index contributed by atoms with van der Waals surface area (Å²) in [7, 11) is 3.26. The minimum Gasteiger partial charge on any atom is -0.495 e. The zero-order valence-electron chi connectivity index (χ0n) is 20.1. The summed E-state index contributed by atoms with van der Waals surface area (Å²) >= 11 is 0. The van der Waals surface area contributed by atoms with Crippen molar-refractivity contribution < 1.29 is 19.0 Å². The van der Waals surface area contributed by atoms with E-state index in [1.807, 2.05) is 53.1 Å². The summed E-state index contributed by atoms with van der Waals surface area (Å²) in [6, 6.07) is 12.2. The first kappa shape index (κ1) is 24.4. The number of allylic oxidation sites excluding steroid dienone is 1. The second kappa shape index (κ2) is 11.1. The Kier molecular flexibility index (Phi) is 7.74. The number of aliphatic hydroxyl groups is 1. The van der Waals surface area contributed by atoms with E-state index in [0.29, 0.717) is 24.7 Å². The number of hydrogen-bond donors (Lipinski definition) is 1. The van der Waals surface area contributed by atoms with Crippen LogP contribution in [0, 0.1) is 5.82 Å². The SMILES string of the molecule is COCc1c(-c2ccc(F)cc2)nc(/C=C/c2ccc(N3C=NC(C)=CC3)c(OC)c2)n1CCO. The van der Waals surface area contributed by atoms with Gasteiger partial charge in [-0.25, -0.2) is 14.4 Å². The van der Waals surface area contributed by atoms with Crippen LogP contribution in [0.3, 0.4) is 0 Å². The number of aliphatic imine (C=N–C) groups is 1. The van der Waals surface area contributed by atoms with Gasteiger partial charge in [0.2, 0.25) is 0 Å². The van der Waals surface area contributed by atoms with Gasteiger partial charge in [0.25, 0.3) is 0 Å². The molecule has 1 N–H and O–H groups in total. The molecule has 1 aromatic heterocycles. The topological polar surface area (TPSA) is 72.1 Å². The van der Waals surface area contributed by atoms with Gasteiger partial charge < -0.3 is 24.0 Å². The van der Waals surface area contributed by atoms with Crippen LogP contribution < -0.4 is 9.64 Å². The summed E-state index contributed by atoms with van der Waals surface area (Å²) in [5.74, 6) is 1.09.